The van der Waals surface area contributed by atoms with Gasteiger partial charge in [-0.2, -0.15) is 0 Å². The maximum Gasteiger partial charge on any atom is 0.126 e. The quantitative estimate of drug-likeness (QED) is 0.800. The summed E-state index contributed by atoms with van der Waals surface area (Å²) in [5, 5.41) is 12.5. The van der Waals surface area contributed by atoms with E-state index < -0.39 is 0 Å². The molecule has 0 aliphatic heterocycles. The van der Waals surface area contributed by atoms with E-state index in [1.807, 2.05) is 39.0 Å². The normalized spacial score (nSPS) is 11.6. The van der Waals surface area contributed by atoms with Crippen molar-refractivity contribution in [3.63, 3.8) is 0 Å². The van der Waals surface area contributed by atoms with Gasteiger partial charge in [-0.3, -0.25) is 0 Å². The van der Waals surface area contributed by atoms with Gasteiger partial charge in [0.15, 0.2) is 0 Å². The second-order valence-electron chi connectivity index (χ2n) is 4.66. The summed E-state index contributed by atoms with van der Waals surface area (Å²) in [5.41, 5.74) is 1.97. The summed E-state index contributed by atoms with van der Waals surface area (Å²) in [4.78, 5) is 0. The van der Waals surface area contributed by atoms with Crippen LogP contribution in [0, 0.1) is 6.92 Å². The Bertz CT molecular complexity index is 348. The highest BCUT2D eigenvalue weighted by Crippen LogP contribution is 2.23. The van der Waals surface area contributed by atoms with Crippen LogP contribution in [0.4, 0.5) is 0 Å². The summed E-state index contributed by atoms with van der Waals surface area (Å²) in [6, 6.07) is 6.08. The van der Waals surface area contributed by atoms with Crippen LogP contribution in [0.25, 0.3) is 0 Å². The molecule has 0 spiro atoms. The van der Waals surface area contributed by atoms with Crippen molar-refractivity contribution in [1.82, 2.24) is 5.32 Å². The molecule has 1 aromatic carbocycles. The number of para-hydroxylation sites is 1. The van der Waals surface area contributed by atoms with Crippen molar-refractivity contribution in [2.24, 2.45) is 0 Å². The lowest BCUT2D eigenvalue weighted by Crippen LogP contribution is -2.42. The molecule has 0 saturated carbocycles. The predicted molar refractivity (Wildman–Crippen MR) is 65.7 cm³/mol. The molecule has 3 heteroatoms. The molecular weight excluding hydrogens is 202 g/mol. The maximum absolute atomic E-state index is 9.16. The molecule has 0 saturated heterocycles. The molecule has 0 heterocycles. The average Bonchev–Trinajstić information content (AvgIpc) is 2.26. The Hall–Kier alpha value is -1.06. The van der Waals surface area contributed by atoms with Gasteiger partial charge in [-0.05, 0) is 26.3 Å². The van der Waals surface area contributed by atoms with Gasteiger partial charge in [0, 0.05) is 17.6 Å². The number of aryl methyl sites for hydroxylation is 1. The fourth-order valence-corrected chi connectivity index (χ4v) is 1.53. The highest BCUT2D eigenvalue weighted by molar-refractivity contribution is 5.40. The number of methoxy groups -OCH3 is 1. The first-order valence-corrected chi connectivity index (χ1v) is 5.48. The van der Waals surface area contributed by atoms with E-state index in [4.69, 9.17) is 9.84 Å². The topological polar surface area (TPSA) is 41.5 Å². The zero-order valence-electron chi connectivity index (χ0n) is 10.5. The number of nitrogens with one attached hydrogen (secondary N) is 1. The van der Waals surface area contributed by atoms with Gasteiger partial charge in [0.1, 0.15) is 5.75 Å². The molecule has 16 heavy (non-hydrogen) atoms. The minimum atomic E-state index is -0.269. The summed E-state index contributed by atoms with van der Waals surface area (Å²) in [6.07, 6.45) is 0. The Kier molecular flexibility index (Phi) is 4.33. The number of rotatable bonds is 5. The van der Waals surface area contributed by atoms with Crippen LogP contribution in [0.3, 0.4) is 0 Å². The maximum atomic E-state index is 9.16. The zero-order chi connectivity index (χ0) is 12.2. The molecule has 0 unspecified atom stereocenters. The molecule has 3 nitrogen and oxygen atoms in total. The molecule has 0 aliphatic carbocycles. The molecule has 0 fully saturated rings. The van der Waals surface area contributed by atoms with Crippen LogP contribution in [0.2, 0.25) is 0 Å². The van der Waals surface area contributed by atoms with Crippen LogP contribution in [0.15, 0.2) is 18.2 Å². The highest BCUT2D eigenvalue weighted by atomic mass is 16.5. The van der Waals surface area contributed by atoms with Crippen LogP contribution in [-0.4, -0.2) is 24.4 Å². The molecule has 0 bridgehead atoms. The Morgan fingerprint density at radius 2 is 2.06 bits per heavy atom. The van der Waals surface area contributed by atoms with Crippen LogP contribution in [0.5, 0.6) is 5.75 Å². The van der Waals surface area contributed by atoms with Gasteiger partial charge in [0.25, 0.3) is 0 Å². The van der Waals surface area contributed by atoms with E-state index in [2.05, 4.69) is 5.32 Å². The Balaban J connectivity index is 2.78. The number of aliphatic hydroxyl groups is 1. The largest absolute Gasteiger partial charge is 0.496 e. The highest BCUT2D eigenvalue weighted by Gasteiger charge is 2.16. The third-order valence-corrected chi connectivity index (χ3v) is 2.65. The van der Waals surface area contributed by atoms with Gasteiger partial charge in [-0.1, -0.05) is 18.2 Å². The van der Waals surface area contributed by atoms with Gasteiger partial charge in [-0.15, -0.1) is 0 Å². The van der Waals surface area contributed by atoms with E-state index in [0.717, 1.165) is 16.9 Å². The minimum Gasteiger partial charge on any atom is -0.496 e. The monoisotopic (exact) mass is 223 g/mol. The van der Waals surface area contributed by atoms with E-state index >= 15 is 0 Å². The molecule has 0 atom stereocenters. The molecule has 0 amide bonds. The van der Waals surface area contributed by atoms with Crippen molar-refractivity contribution in [3.05, 3.63) is 29.3 Å². The van der Waals surface area contributed by atoms with Crippen molar-refractivity contribution in [1.29, 1.82) is 0 Å². The third kappa shape index (κ3) is 3.22. The minimum absolute atomic E-state index is 0.112. The molecular formula is C13H21NO2. The Morgan fingerprint density at radius 3 is 2.62 bits per heavy atom. The Morgan fingerprint density at radius 1 is 1.38 bits per heavy atom. The fraction of sp³-hybridized carbons (Fsp3) is 0.538. The third-order valence-electron chi connectivity index (χ3n) is 2.65. The molecule has 0 radical (unpaired) electrons. The summed E-state index contributed by atoms with van der Waals surface area (Å²) >= 11 is 0. The zero-order valence-corrected chi connectivity index (χ0v) is 10.5. The first-order chi connectivity index (χ1) is 7.50. The first-order valence-electron chi connectivity index (χ1n) is 5.48. The van der Waals surface area contributed by atoms with Gasteiger partial charge in [-0.25, -0.2) is 0 Å². The molecule has 1 aromatic rings. The summed E-state index contributed by atoms with van der Waals surface area (Å²) in [6.45, 7) is 6.77. The second kappa shape index (κ2) is 5.32. The predicted octanol–water partition coefficient (Wildman–Crippen LogP) is 1.86. The Labute approximate surface area is 97.4 Å². The SMILES string of the molecule is COc1c(C)cccc1CNC(C)(C)CO. The van der Waals surface area contributed by atoms with Crippen molar-refractivity contribution >= 4 is 0 Å². The van der Waals surface area contributed by atoms with E-state index in [1.54, 1.807) is 7.11 Å². The van der Waals surface area contributed by atoms with Gasteiger partial charge >= 0.3 is 0 Å². The first kappa shape index (κ1) is 13.0. The number of benzene rings is 1. The lowest BCUT2D eigenvalue weighted by molar-refractivity contribution is 0.187. The molecule has 90 valence electrons. The van der Waals surface area contributed by atoms with Crippen molar-refractivity contribution in [2.75, 3.05) is 13.7 Å². The molecule has 1 rings (SSSR count). The standard InChI is InChI=1S/C13H21NO2/c1-10-6-5-7-11(12(10)16-4)8-14-13(2,3)9-15/h5-7,14-15H,8-9H2,1-4H3. The van der Waals surface area contributed by atoms with Crippen LogP contribution in [-0.2, 0) is 6.54 Å². The second-order valence-corrected chi connectivity index (χ2v) is 4.66. The average molecular weight is 223 g/mol. The van der Waals surface area contributed by atoms with E-state index in [9.17, 15) is 0 Å². The number of hydrogen-bond acceptors (Lipinski definition) is 3. The lowest BCUT2D eigenvalue weighted by Gasteiger charge is -2.24. The van der Waals surface area contributed by atoms with Gasteiger partial charge in [0.2, 0.25) is 0 Å². The van der Waals surface area contributed by atoms with Crippen molar-refractivity contribution in [2.45, 2.75) is 32.9 Å². The molecule has 0 aliphatic rings. The van der Waals surface area contributed by atoms with Gasteiger partial charge in [0.05, 0.1) is 13.7 Å². The summed E-state index contributed by atoms with van der Waals surface area (Å²) in [5.74, 6) is 0.920. The van der Waals surface area contributed by atoms with Crippen molar-refractivity contribution in [3.8, 4) is 5.75 Å². The summed E-state index contributed by atoms with van der Waals surface area (Å²) in [7, 11) is 1.68. The van der Waals surface area contributed by atoms with E-state index in [-0.39, 0.29) is 12.1 Å². The number of aliphatic hydroxyl groups excluding tert-OH is 1. The molecule has 0 aromatic heterocycles. The smallest absolute Gasteiger partial charge is 0.126 e. The lowest BCUT2D eigenvalue weighted by atomic mass is 10.1. The van der Waals surface area contributed by atoms with Crippen LogP contribution < -0.4 is 10.1 Å². The van der Waals surface area contributed by atoms with Crippen LogP contribution >= 0.6 is 0 Å². The summed E-state index contributed by atoms with van der Waals surface area (Å²) < 4.78 is 5.37. The van der Waals surface area contributed by atoms with Gasteiger partial charge < -0.3 is 15.2 Å². The number of ether oxygens (including phenoxy) is 1. The van der Waals surface area contributed by atoms with Crippen molar-refractivity contribution < 1.29 is 9.84 Å². The van der Waals surface area contributed by atoms with E-state index in [0.29, 0.717) is 6.54 Å². The molecule has 2 N–H and O–H groups in total. The van der Waals surface area contributed by atoms with Crippen LogP contribution in [0.1, 0.15) is 25.0 Å². The number of hydrogen-bond donors (Lipinski definition) is 2. The van der Waals surface area contributed by atoms with E-state index in [1.165, 1.54) is 0 Å². The fourth-order valence-electron chi connectivity index (χ4n) is 1.53.